The monoisotopic (exact) mass is 551 g/mol. The Morgan fingerprint density at radius 3 is 2.08 bits per heavy atom. The fraction of sp³-hybridized carbons (Fsp3) is 0.424. The van der Waals surface area contributed by atoms with E-state index in [4.69, 9.17) is 14.2 Å². The van der Waals surface area contributed by atoms with Crippen LogP contribution in [-0.4, -0.2) is 49.8 Å². The van der Waals surface area contributed by atoms with Crippen molar-refractivity contribution in [2.75, 3.05) is 33.9 Å². The minimum absolute atomic E-state index is 0.0976. The lowest BCUT2D eigenvalue weighted by Crippen LogP contribution is -2.21. The number of aryl methyl sites for hydroxylation is 1. The molecule has 0 spiro atoms. The molecular weight excluding hydrogens is 509 g/mol. The molecule has 0 heterocycles. The highest BCUT2D eigenvalue weighted by Gasteiger charge is 2.13. The zero-order chi connectivity index (χ0) is 28.9. The van der Waals surface area contributed by atoms with Gasteiger partial charge in [0, 0.05) is 44.1 Å². The van der Waals surface area contributed by atoms with Gasteiger partial charge in [-0.05, 0) is 67.1 Å². The minimum Gasteiger partial charge on any atom is -0.507 e. The highest BCUT2D eigenvalue weighted by molar-refractivity contribution is 5.75. The maximum atomic E-state index is 13.3. The van der Waals surface area contributed by atoms with Crippen molar-refractivity contribution in [3.05, 3.63) is 71.5 Å². The summed E-state index contributed by atoms with van der Waals surface area (Å²) in [5, 5.41) is 10.6. The molecule has 6 nitrogen and oxygen atoms in total. The van der Waals surface area contributed by atoms with Crippen molar-refractivity contribution in [3.63, 3.8) is 0 Å². The lowest BCUT2D eigenvalue weighted by atomic mass is 10.00. The fourth-order valence-corrected chi connectivity index (χ4v) is 4.40. The van der Waals surface area contributed by atoms with Gasteiger partial charge in [0.1, 0.15) is 28.8 Å². The summed E-state index contributed by atoms with van der Waals surface area (Å²) >= 11 is 0. The van der Waals surface area contributed by atoms with E-state index in [0.29, 0.717) is 44.0 Å². The Morgan fingerprint density at radius 1 is 0.850 bits per heavy atom. The number of hydrogen-bond donors (Lipinski definition) is 1. The lowest BCUT2D eigenvalue weighted by molar-refractivity contribution is -0.128. The van der Waals surface area contributed by atoms with Gasteiger partial charge in [0.15, 0.2) is 0 Å². The van der Waals surface area contributed by atoms with Crippen molar-refractivity contribution in [2.45, 2.75) is 58.8 Å². The minimum atomic E-state index is -0.313. The molecule has 0 radical (unpaired) electrons. The first-order valence-corrected chi connectivity index (χ1v) is 14.2. The van der Waals surface area contributed by atoms with Crippen molar-refractivity contribution in [1.29, 1.82) is 0 Å². The third-order valence-corrected chi connectivity index (χ3v) is 6.65. The van der Waals surface area contributed by atoms with Gasteiger partial charge in [-0.25, -0.2) is 4.39 Å². The average Bonchev–Trinajstić information content (AvgIpc) is 2.94. The molecule has 0 aliphatic heterocycles. The van der Waals surface area contributed by atoms with Gasteiger partial charge in [0.25, 0.3) is 0 Å². The second-order valence-electron chi connectivity index (χ2n) is 9.96. The second kappa shape index (κ2) is 15.8. The van der Waals surface area contributed by atoms with Crippen molar-refractivity contribution < 1.29 is 28.5 Å². The Morgan fingerprint density at radius 2 is 1.48 bits per heavy atom. The number of benzene rings is 3. The summed E-state index contributed by atoms with van der Waals surface area (Å²) < 4.78 is 31.5. The number of unbranched alkanes of at least 4 members (excludes halogenated alkanes) is 1. The first kappa shape index (κ1) is 30.8. The summed E-state index contributed by atoms with van der Waals surface area (Å²) in [6, 6.07) is 15.5. The number of rotatable bonds is 16. The molecular formula is C33H42FNO5. The molecule has 7 heteroatoms. The molecule has 1 amide bonds. The predicted molar refractivity (Wildman–Crippen MR) is 157 cm³/mol. The molecule has 216 valence electrons. The first-order valence-electron chi connectivity index (χ1n) is 14.2. The number of phenolic OH excluding ortho intramolecular Hbond substituents is 1. The number of carbonyl (C=O) groups is 1. The molecule has 3 aromatic rings. The van der Waals surface area contributed by atoms with Crippen molar-refractivity contribution in [2.24, 2.45) is 0 Å². The topological polar surface area (TPSA) is 68.2 Å². The van der Waals surface area contributed by atoms with Crippen molar-refractivity contribution >= 4 is 5.91 Å². The Hall–Kier alpha value is -3.74. The van der Waals surface area contributed by atoms with Gasteiger partial charge in [-0.3, -0.25) is 4.79 Å². The van der Waals surface area contributed by atoms with E-state index >= 15 is 0 Å². The maximum Gasteiger partial charge on any atom is 0.222 e. The molecule has 0 fully saturated rings. The summed E-state index contributed by atoms with van der Waals surface area (Å²) in [6.45, 7) is 5.64. The number of hydrogen-bond acceptors (Lipinski definition) is 5. The number of carbonyl (C=O) groups excluding carboxylic acids is 1. The van der Waals surface area contributed by atoms with Gasteiger partial charge in [0.05, 0.1) is 19.8 Å². The molecule has 0 aliphatic carbocycles. The molecule has 3 aromatic carbocycles. The second-order valence-corrected chi connectivity index (χ2v) is 9.96. The van der Waals surface area contributed by atoms with Crippen LogP contribution in [0.4, 0.5) is 4.39 Å². The number of aromatic hydroxyl groups is 1. The standard InChI is InChI=1S/C33H42FNO5/c1-5-11-27-30(38-19-8-7-14-33(37)35(3)4)12-9-13-31(27)39-20-10-21-40-32-23-29(36)28(22-24(32)6-2)25-15-17-26(34)18-16-25/h9,12-13,15-18,22-23,36H,5-8,10-11,14,19-21H2,1-4H3. The van der Waals surface area contributed by atoms with Crippen LogP contribution < -0.4 is 14.2 Å². The van der Waals surface area contributed by atoms with Gasteiger partial charge in [-0.2, -0.15) is 0 Å². The fourth-order valence-electron chi connectivity index (χ4n) is 4.40. The molecule has 0 saturated carbocycles. The van der Waals surface area contributed by atoms with Crippen LogP contribution in [0.1, 0.15) is 57.1 Å². The van der Waals surface area contributed by atoms with Crippen molar-refractivity contribution in [3.8, 4) is 34.1 Å². The Labute approximate surface area is 237 Å². The maximum absolute atomic E-state index is 13.3. The molecule has 0 atom stereocenters. The van der Waals surface area contributed by atoms with E-state index in [9.17, 15) is 14.3 Å². The predicted octanol–water partition coefficient (Wildman–Crippen LogP) is 7.20. The number of amides is 1. The summed E-state index contributed by atoms with van der Waals surface area (Å²) in [4.78, 5) is 13.4. The molecule has 0 aromatic heterocycles. The van der Waals surface area contributed by atoms with E-state index in [0.717, 1.165) is 60.3 Å². The Balaban J connectivity index is 1.52. The van der Waals surface area contributed by atoms with Gasteiger partial charge in [0.2, 0.25) is 5.91 Å². The van der Waals surface area contributed by atoms with E-state index in [1.54, 1.807) is 37.2 Å². The summed E-state index contributed by atoms with van der Waals surface area (Å²) in [5.74, 6) is 2.21. The average molecular weight is 552 g/mol. The number of ether oxygens (including phenoxy) is 3. The molecule has 0 unspecified atom stereocenters. The van der Waals surface area contributed by atoms with Crippen LogP contribution in [0.2, 0.25) is 0 Å². The van der Waals surface area contributed by atoms with Gasteiger partial charge < -0.3 is 24.2 Å². The zero-order valence-corrected chi connectivity index (χ0v) is 24.2. The van der Waals surface area contributed by atoms with E-state index in [-0.39, 0.29) is 17.5 Å². The normalized spacial score (nSPS) is 10.8. The van der Waals surface area contributed by atoms with E-state index < -0.39 is 0 Å². The summed E-state index contributed by atoms with van der Waals surface area (Å²) in [5.41, 5.74) is 3.44. The molecule has 3 rings (SSSR count). The van der Waals surface area contributed by atoms with Gasteiger partial charge in [-0.1, -0.05) is 38.5 Å². The summed E-state index contributed by atoms with van der Waals surface area (Å²) in [7, 11) is 3.55. The summed E-state index contributed by atoms with van der Waals surface area (Å²) in [6.07, 6.45) is 5.35. The number of phenols is 1. The molecule has 1 N–H and O–H groups in total. The van der Waals surface area contributed by atoms with Gasteiger partial charge in [-0.15, -0.1) is 0 Å². The third kappa shape index (κ3) is 8.90. The first-order chi connectivity index (χ1) is 19.3. The highest BCUT2D eigenvalue weighted by Crippen LogP contribution is 2.36. The zero-order valence-electron chi connectivity index (χ0n) is 24.2. The van der Waals surface area contributed by atoms with Crippen LogP contribution in [0.25, 0.3) is 11.1 Å². The number of halogens is 1. The molecule has 0 aliphatic rings. The van der Waals surface area contributed by atoms with Crippen molar-refractivity contribution in [1.82, 2.24) is 4.90 Å². The van der Waals surface area contributed by atoms with Crippen LogP contribution in [0, 0.1) is 5.82 Å². The Bertz CT molecular complexity index is 1230. The van der Waals surface area contributed by atoms with Crippen LogP contribution in [-0.2, 0) is 17.6 Å². The van der Waals surface area contributed by atoms with E-state index in [1.165, 1.54) is 12.1 Å². The largest absolute Gasteiger partial charge is 0.507 e. The van der Waals surface area contributed by atoms with Crippen LogP contribution in [0.5, 0.6) is 23.0 Å². The number of nitrogens with zero attached hydrogens (tertiary/aromatic N) is 1. The quantitative estimate of drug-likeness (QED) is 0.191. The SMILES string of the molecule is CCCc1c(OCCCCC(=O)N(C)C)cccc1OCCCOc1cc(O)c(-c2ccc(F)cc2)cc1CC. The molecule has 0 saturated heterocycles. The lowest BCUT2D eigenvalue weighted by Gasteiger charge is -2.17. The smallest absolute Gasteiger partial charge is 0.222 e. The van der Waals surface area contributed by atoms with Gasteiger partial charge >= 0.3 is 0 Å². The van der Waals surface area contributed by atoms with E-state index in [2.05, 4.69) is 6.92 Å². The third-order valence-electron chi connectivity index (χ3n) is 6.65. The van der Waals surface area contributed by atoms with Crippen LogP contribution in [0.3, 0.4) is 0 Å². The van der Waals surface area contributed by atoms with E-state index in [1.807, 2.05) is 31.2 Å². The Kier molecular flexibility index (Phi) is 12.1. The van der Waals surface area contributed by atoms with Crippen LogP contribution in [0.15, 0.2) is 54.6 Å². The molecule has 0 bridgehead atoms. The van der Waals surface area contributed by atoms with Crippen LogP contribution >= 0.6 is 0 Å². The molecule has 40 heavy (non-hydrogen) atoms. The highest BCUT2D eigenvalue weighted by atomic mass is 19.1.